The van der Waals surface area contributed by atoms with E-state index in [-0.39, 0.29) is 34.6 Å². The molecule has 2 amide bonds. The molecule has 0 saturated carbocycles. The second kappa shape index (κ2) is 16.1. The summed E-state index contributed by atoms with van der Waals surface area (Å²) in [6, 6.07) is 23.4. The van der Waals surface area contributed by atoms with Crippen molar-refractivity contribution in [2.45, 2.75) is 50.7 Å². The highest BCUT2D eigenvalue weighted by atomic mass is 35.5. The summed E-state index contributed by atoms with van der Waals surface area (Å²) in [7, 11) is -4.39. The molecule has 1 atom stereocenters. The molecule has 8 nitrogen and oxygen atoms in total. The minimum absolute atomic E-state index is 0.0769. The van der Waals surface area contributed by atoms with Gasteiger partial charge in [0.1, 0.15) is 24.2 Å². The van der Waals surface area contributed by atoms with Crippen molar-refractivity contribution >= 4 is 50.7 Å². The predicted octanol–water partition coefficient (Wildman–Crippen LogP) is 6.89. The number of rotatable bonds is 14. The highest BCUT2D eigenvalue weighted by Crippen LogP contribution is 2.28. The molecule has 12 heteroatoms. The molecule has 248 valence electrons. The van der Waals surface area contributed by atoms with Crippen molar-refractivity contribution in [2.24, 2.45) is 0 Å². The zero-order valence-corrected chi connectivity index (χ0v) is 28.5. The van der Waals surface area contributed by atoms with Crippen LogP contribution in [0.3, 0.4) is 0 Å². The standard InChI is InChI=1S/C35H36Cl2FN3O5S/c1-4-46-29-15-13-28(14-16-29)41(47(44,45)30-17-11-27(38)12-18-30)23-34(42)40(22-26-10-19-31(36)32(37)20-26)33(35(43)39-24(2)3)21-25-8-6-5-7-9-25/h5-20,24,33H,4,21-23H2,1-3H3,(H,39,43)/t33-/m1/s1. The summed E-state index contributed by atoms with van der Waals surface area (Å²) in [5, 5.41) is 3.49. The summed E-state index contributed by atoms with van der Waals surface area (Å²) in [6.07, 6.45) is 0.153. The molecule has 0 bridgehead atoms. The van der Waals surface area contributed by atoms with Gasteiger partial charge in [-0.1, -0.05) is 59.6 Å². The lowest BCUT2D eigenvalue weighted by molar-refractivity contribution is -0.140. The van der Waals surface area contributed by atoms with Crippen molar-refractivity contribution in [3.05, 3.63) is 124 Å². The Morgan fingerprint density at radius 2 is 1.53 bits per heavy atom. The fraction of sp³-hybridized carbons (Fsp3) is 0.257. The highest BCUT2D eigenvalue weighted by molar-refractivity contribution is 7.92. The van der Waals surface area contributed by atoms with Crippen molar-refractivity contribution in [1.29, 1.82) is 0 Å². The van der Waals surface area contributed by atoms with Crippen LogP contribution < -0.4 is 14.4 Å². The lowest BCUT2D eigenvalue weighted by Gasteiger charge is -2.34. The van der Waals surface area contributed by atoms with Crippen molar-refractivity contribution in [1.82, 2.24) is 10.2 Å². The number of carbonyl (C=O) groups is 2. The molecular weight excluding hydrogens is 664 g/mol. The van der Waals surface area contributed by atoms with Crippen LogP contribution in [-0.4, -0.2) is 50.4 Å². The fourth-order valence-corrected chi connectivity index (χ4v) is 6.64. The summed E-state index contributed by atoms with van der Waals surface area (Å²) in [4.78, 5) is 29.4. The third kappa shape index (κ3) is 9.47. The molecule has 4 rings (SSSR count). The van der Waals surface area contributed by atoms with E-state index in [9.17, 15) is 22.4 Å². The van der Waals surface area contributed by atoms with Gasteiger partial charge in [0.05, 0.1) is 27.2 Å². The third-order valence-corrected chi connectivity index (χ3v) is 9.68. The summed E-state index contributed by atoms with van der Waals surface area (Å²) >= 11 is 12.5. The second-order valence-electron chi connectivity index (χ2n) is 11.0. The Morgan fingerprint density at radius 3 is 2.13 bits per heavy atom. The number of hydrogen-bond donors (Lipinski definition) is 1. The summed E-state index contributed by atoms with van der Waals surface area (Å²) in [5.41, 5.74) is 1.55. The van der Waals surface area contributed by atoms with Crippen LogP contribution >= 0.6 is 23.2 Å². The van der Waals surface area contributed by atoms with Gasteiger partial charge in [-0.05, 0) is 92.6 Å². The summed E-state index contributed by atoms with van der Waals surface area (Å²) < 4.78 is 48.4. The Kier molecular flexibility index (Phi) is 12.3. The van der Waals surface area contributed by atoms with Crippen molar-refractivity contribution in [3.8, 4) is 5.75 Å². The number of ether oxygens (including phenoxy) is 1. The lowest BCUT2D eigenvalue weighted by atomic mass is 10.0. The SMILES string of the molecule is CCOc1ccc(N(CC(=O)N(Cc2ccc(Cl)c(Cl)c2)[C@H](Cc2ccccc2)C(=O)NC(C)C)S(=O)(=O)c2ccc(F)cc2)cc1. The fourth-order valence-electron chi connectivity index (χ4n) is 4.91. The molecule has 0 spiro atoms. The Balaban J connectivity index is 1.82. The van der Waals surface area contributed by atoms with Gasteiger partial charge in [0.15, 0.2) is 0 Å². The van der Waals surface area contributed by atoms with Gasteiger partial charge in [0, 0.05) is 19.0 Å². The number of nitrogens with one attached hydrogen (secondary N) is 1. The van der Waals surface area contributed by atoms with Crippen molar-refractivity contribution in [3.63, 3.8) is 0 Å². The van der Waals surface area contributed by atoms with E-state index in [1.165, 1.54) is 17.0 Å². The first kappa shape index (κ1) is 35.7. The number of hydrogen-bond acceptors (Lipinski definition) is 5. The first-order chi connectivity index (χ1) is 22.4. The number of halogens is 3. The van der Waals surface area contributed by atoms with E-state index >= 15 is 0 Å². The second-order valence-corrected chi connectivity index (χ2v) is 13.7. The average molecular weight is 701 g/mol. The Morgan fingerprint density at radius 1 is 0.872 bits per heavy atom. The molecule has 0 aliphatic carbocycles. The smallest absolute Gasteiger partial charge is 0.264 e. The van der Waals surface area contributed by atoms with E-state index in [1.807, 2.05) is 51.1 Å². The number of sulfonamides is 1. The van der Waals surface area contributed by atoms with Crippen molar-refractivity contribution in [2.75, 3.05) is 17.5 Å². The molecule has 0 saturated heterocycles. The maximum Gasteiger partial charge on any atom is 0.264 e. The van der Waals surface area contributed by atoms with E-state index in [1.54, 1.807) is 30.3 Å². The number of anilines is 1. The lowest BCUT2D eigenvalue weighted by Crippen LogP contribution is -2.54. The topological polar surface area (TPSA) is 96.0 Å². The Bertz CT molecular complexity index is 1770. The molecule has 0 fully saturated rings. The van der Waals surface area contributed by atoms with Crippen LogP contribution in [0.15, 0.2) is 102 Å². The van der Waals surface area contributed by atoms with Crippen LogP contribution in [0.5, 0.6) is 5.75 Å². The van der Waals surface area contributed by atoms with Crippen LogP contribution in [0.4, 0.5) is 10.1 Å². The van der Waals surface area contributed by atoms with Gasteiger partial charge in [-0.2, -0.15) is 0 Å². The van der Waals surface area contributed by atoms with E-state index in [2.05, 4.69) is 5.32 Å². The first-order valence-electron chi connectivity index (χ1n) is 15.0. The van der Waals surface area contributed by atoms with Crippen LogP contribution in [0.2, 0.25) is 10.0 Å². The van der Waals surface area contributed by atoms with Gasteiger partial charge in [0.2, 0.25) is 11.8 Å². The van der Waals surface area contributed by atoms with E-state index in [0.29, 0.717) is 22.9 Å². The molecule has 47 heavy (non-hydrogen) atoms. The third-order valence-electron chi connectivity index (χ3n) is 7.16. The van der Waals surface area contributed by atoms with Gasteiger partial charge in [-0.25, -0.2) is 12.8 Å². The number of amides is 2. The molecule has 1 N–H and O–H groups in total. The van der Waals surface area contributed by atoms with Gasteiger partial charge in [0.25, 0.3) is 10.0 Å². The molecule has 0 unspecified atom stereocenters. The number of carbonyl (C=O) groups excluding carboxylic acids is 2. The molecule has 4 aromatic carbocycles. The van der Waals surface area contributed by atoms with Gasteiger partial charge < -0.3 is 15.0 Å². The molecule has 0 aliphatic heterocycles. The predicted molar refractivity (Wildman–Crippen MR) is 183 cm³/mol. The molecule has 4 aromatic rings. The zero-order chi connectivity index (χ0) is 34.1. The summed E-state index contributed by atoms with van der Waals surface area (Å²) in [5.74, 6) is -1.17. The summed E-state index contributed by atoms with van der Waals surface area (Å²) in [6.45, 7) is 5.10. The van der Waals surface area contributed by atoms with Crippen LogP contribution in [0, 0.1) is 5.82 Å². The molecule has 0 aliphatic rings. The van der Waals surface area contributed by atoms with Crippen LogP contribution in [-0.2, 0) is 32.6 Å². The maximum atomic E-state index is 14.5. The molecule has 0 aromatic heterocycles. The zero-order valence-electron chi connectivity index (χ0n) is 26.2. The molecular formula is C35H36Cl2FN3O5S. The van der Waals surface area contributed by atoms with E-state index < -0.39 is 40.2 Å². The minimum atomic E-state index is -4.39. The molecule has 0 heterocycles. The first-order valence-corrected chi connectivity index (χ1v) is 17.2. The van der Waals surface area contributed by atoms with Crippen LogP contribution in [0.25, 0.3) is 0 Å². The van der Waals surface area contributed by atoms with Gasteiger partial charge in [-0.3, -0.25) is 13.9 Å². The van der Waals surface area contributed by atoms with Gasteiger partial charge in [-0.15, -0.1) is 0 Å². The Labute approximate surface area is 285 Å². The number of nitrogens with zero attached hydrogens (tertiary/aromatic N) is 2. The van der Waals surface area contributed by atoms with E-state index in [0.717, 1.165) is 34.1 Å². The monoisotopic (exact) mass is 699 g/mol. The van der Waals surface area contributed by atoms with Crippen LogP contribution in [0.1, 0.15) is 31.9 Å². The Hall–Kier alpha value is -4.12. The number of benzene rings is 4. The highest BCUT2D eigenvalue weighted by Gasteiger charge is 2.35. The quantitative estimate of drug-likeness (QED) is 0.155. The van der Waals surface area contributed by atoms with Gasteiger partial charge >= 0.3 is 0 Å². The van der Waals surface area contributed by atoms with Crippen molar-refractivity contribution < 1.29 is 27.1 Å². The normalized spacial score (nSPS) is 12.0. The average Bonchev–Trinajstić information content (AvgIpc) is 3.04. The minimum Gasteiger partial charge on any atom is -0.494 e. The van der Waals surface area contributed by atoms with E-state index in [4.69, 9.17) is 27.9 Å². The molecule has 0 radical (unpaired) electrons. The largest absolute Gasteiger partial charge is 0.494 e. The maximum absolute atomic E-state index is 14.5.